The van der Waals surface area contributed by atoms with Crippen molar-refractivity contribution in [2.75, 3.05) is 19.6 Å². The van der Waals surface area contributed by atoms with Gasteiger partial charge >= 0.3 is 0 Å². The molecule has 2 heterocycles. The quantitative estimate of drug-likeness (QED) is 0.276. The summed E-state index contributed by atoms with van der Waals surface area (Å²) in [5.74, 6) is 0.802. The molecule has 34 heavy (non-hydrogen) atoms. The van der Waals surface area contributed by atoms with Crippen molar-refractivity contribution < 1.29 is 0 Å². The van der Waals surface area contributed by atoms with Gasteiger partial charge in [0.15, 0.2) is 0 Å². The molecule has 174 valence electrons. The summed E-state index contributed by atoms with van der Waals surface area (Å²) in [6.07, 6.45) is 8.34. The number of rotatable bonds is 9. The molecular formula is C31H35N3. The van der Waals surface area contributed by atoms with Crippen molar-refractivity contribution >= 4 is 0 Å². The standard InChI is InChI=1S/C31H35N3/c1-4-11-26(12-5-1)13-10-21-33-22-18-27(19-23-33)20-24-34-25-32-30(28-14-6-2-7-15-28)31(34)29-16-8-3-9-17-29/h1-9,11-12,14-17,25,27H,10,13,18-24H2. The zero-order valence-electron chi connectivity index (χ0n) is 20.0. The maximum atomic E-state index is 4.85. The Morgan fingerprint density at radius 3 is 2.00 bits per heavy atom. The number of imidazole rings is 1. The largest absolute Gasteiger partial charge is 0.330 e. The Morgan fingerprint density at radius 2 is 1.32 bits per heavy atom. The van der Waals surface area contributed by atoms with Crippen LogP contribution in [0.4, 0.5) is 0 Å². The lowest BCUT2D eigenvalue weighted by molar-refractivity contribution is 0.174. The van der Waals surface area contributed by atoms with Crippen LogP contribution in [-0.2, 0) is 13.0 Å². The summed E-state index contributed by atoms with van der Waals surface area (Å²) < 4.78 is 2.38. The van der Waals surface area contributed by atoms with Gasteiger partial charge in [0, 0.05) is 17.7 Å². The molecule has 1 saturated heterocycles. The summed E-state index contributed by atoms with van der Waals surface area (Å²) in [4.78, 5) is 7.52. The van der Waals surface area contributed by atoms with Gasteiger partial charge in [-0.15, -0.1) is 0 Å². The Bertz CT molecular complexity index is 1130. The van der Waals surface area contributed by atoms with E-state index in [1.54, 1.807) is 0 Å². The van der Waals surface area contributed by atoms with Crippen molar-refractivity contribution in [2.45, 2.75) is 38.6 Å². The Kier molecular flexibility index (Phi) is 7.52. The molecule has 0 spiro atoms. The van der Waals surface area contributed by atoms with Gasteiger partial charge in [0.05, 0.1) is 17.7 Å². The van der Waals surface area contributed by atoms with Crippen LogP contribution in [0.5, 0.6) is 0 Å². The molecule has 0 amide bonds. The minimum absolute atomic E-state index is 0.802. The molecule has 0 unspecified atom stereocenters. The van der Waals surface area contributed by atoms with Crippen LogP contribution in [0.3, 0.4) is 0 Å². The number of likely N-dealkylation sites (tertiary alicyclic amines) is 1. The van der Waals surface area contributed by atoms with Crippen LogP contribution in [0.1, 0.15) is 31.2 Å². The van der Waals surface area contributed by atoms with Gasteiger partial charge in [0.25, 0.3) is 0 Å². The highest BCUT2D eigenvalue weighted by Crippen LogP contribution is 2.32. The van der Waals surface area contributed by atoms with Crippen molar-refractivity contribution in [1.29, 1.82) is 0 Å². The van der Waals surface area contributed by atoms with E-state index in [-0.39, 0.29) is 0 Å². The van der Waals surface area contributed by atoms with E-state index in [1.807, 2.05) is 6.33 Å². The summed E-state index contributed by atoms with van der Waals surface area (Å²) in [5.41, 5.74) is 6.21. The van der Waals surface area contributed by atoms with Crippen molar-refractivity contribution in [1.82, 2.24) is 14.5 Å². The van der Waals surface area contributed by atoms with E-state index in [0.717, 1.165) is 18.2 Å². The number of benzene rings is 3. The van der Waals surface area contributed by atoms with Crippen molar-refractivity contribution in [3.05, 3.63) is 103 Å². The number of aryl methyl sites for hydroxylation is 2. The van der Waals surface area contributed by atoms with Gasteiger partial charge in [-0.1, -0.05) is 91.0 Å². The fourth-order valence-corrected chi connectivity index (χ4v) is 5.23. The van der Waals surface area contributed by atoms with Gasteiger partial charge < -0.3 is 9.47 Å². The number of piperidine rings is 1. The van der Waals surface area contributed by atoms with Gasteiger partial charge in [-0.25, -0.2) is 4.98 Å². The molecule has 1 fully saturated rings. The second-order valence-electron chi connectivity index (χ2n) is 9.53. The molecule has 3 aromatic carbocycles. The summed E-state index contributed by atoms with van der Waals surface area (Å²) in [7, 11) is 0. The van der Waals surface area contributed by atoms with Crippen LogP contribution in [0, 0.1) is 5.92 Å². The first-order valence-electron chi connectivity index (χ1n) is 12.8. The molecule has 3 heteroatoms. The molecule has 0 bridgehead atoms. The average Bonchev–Trinajstić information content (AvgIpc) is 3.34. The topological polar surface area (TPSA) is 21.1 Å². The summed E-state index contributed by atoms with van der Waals surface area (Å²) in [6.45, 7) is 4.73. The zero-order chi connectivity index (χ0) is 23.0. The van der Waals surface area contributed by atoms with Gasteiger partial charge in [-0.2, -0.15) is 0 Å². The third-order valence-corrected chi connectivity index (χ3v) is 7.20. The Morgan fingerprint density at radius 1 is 0.706 bits per heavy atom. The molecule has 1 aliphatic rings. The molecule has 4 aromatic rings. The number of aromatic nitrogens is 2. The van der Waals surface area contributed by atoms with Crippen LogP contribution in [0.25, 0.3) is 22.5 Å². The van der Waals surface area contributed by atoms with E-state index >= 15 is 0 Å². The highest BCUT2D eigenvalue weighted by Gasteiger charge is 2.20. The summed E-state index contributed by atoms with van der Waals surface area (Å²) in [6, 6.07) is 32.2. The van der Waals surface area contributed by atoms with Crippen LogP contribution in [0.15, 0.2) is 97.3 Å². The third-order valence-electron chi connectivity index (χ3n) is 7.20. The van der Waals surface area contributed by atoms with Crippen LogP contribution >= 0.6 is 0 Å². The van der Waals surface area contributed by atoms with E-state index in [1.165, 1.54) is 74.1 Å². The maximum Gasteiger partial charge on any atom is 0.0963 e. The fourth-order valence-electron chi connectivity index (χ4n) is 5.23. The van der Waals surface area contributed by atoms with Crippen LogP contribution < -0.4 is 0 Å². The van der Waals surface area contributed by atoms with Crippen LogP contribution in [0.2, 0.25) is 0 Å². The lowest BCUT2D eigenvalue weighted by Gasteiger charge is -2.32. The van der Waals surface area contributed by atoms with Crippen molar-refractivity contribution in [3.63, 3.8) is 0 Å². The van der Waals surface area contributed by atoms with Gasteiger partial charge in [-0.3, -0.25) is 0 Å². The van der Waals surface area contributed by atoms with Crippen molar-refractivity contribution in [3.8, 4) is 22.5 Å². The minimum atomic E-state index is 0.802. The highest BCUT2D eigenvalue weighted by molar-refractivity contribution is 5.78. The number of nitrogens with zero attached hydrogens (tertiary/aromatic N) is 3. The Balaban J connectivity index is 1.17. The second kappa shape index (κ2) is 11.3. The van der Waals surface area contributed by atoms with Gasteiger partial charge in [-0.05, 0) is 63.2 Å². The van der Waals surface area contributed by atoms with E-state index in [2.05, 4.69) is 100 Å². The van der Waals surface area contributed by atoms with Crippen LogP contribution in [-0.4, -0.2) is 34.1 Å². The highest BCUT2D eigenvalue weighted by atomic mass is 15.1. The van der Waals surface area contributed by atoms with Crippen molar-refractivity contribution in [2.24, 2.45) is 5.92 Å². The lowest BCUT2D eigenvalue weighted by Crippen LogP contribution is -2.34. The van der Waals surface area contributed by atoms with E-state index in [4.69, 9.17) is 4.98 Å². The minimum Gasteiger partial charge on any atom is -0.330 e. The SMILES string of the molecule is c1ccc(CCCN2CCC(CCn3cnc(-c4ccccc4)c3-c3ccccc3)CC2)cc1. The number of hydrogen-bond acceptors (Lipinski definition) is 2. The molecule has 5 rings (SSSR count). The average molecular weight is 450 g/mol. The Labute approximate surface area is 204 Å². The Hall–Kier alpha value is -3.17. The predicted octanol–water partition coefficient (Wildman–Crippen LogP) is 6.95. The lowest BCUT2D eigenvalue weighted by atomic mass is 9.93. The molecule has 0 atom stereocenters. The normalized spacial score (nSPS) is 14.9. The maximum absolute atomic E-state index is 4.85. The molecule has 1 aliphatic heterocycles. The molecule has 3 nitrogen and oxygen atoms in total. The predicted molar refractivity (Wildman–Crippen MR) is 142 cm³/mol. The second-order valence-corrected chi connectivity index (χ2v) is 9.53. The monoisotopic (exact) mass is 449 g/mol. The number of hydrogen-bond donors (Lipinski definition) is 0. The van der Waals surface area contributed by atoms with E-state index in [9.17, 15) is 0 Å². The van der Waals surface area contributed by atoms with Gasteiger partial charge in [0.1, 0.15) is 0 Å². The summed E-state index contributed by atoms with van der Waals surface area (Å²) in [5, 5.41) is 0. The smallest absolute Gasteiger partial charge is 0.0963 e. The molecule has 0 N–H and O–H groups in total. The molecule has 0 aliphatic carbocycles. The van der Waals surface area contributed by atoms with E-state index in [0.29, 0.717) is 0 Å². The zero-order valence-corrected chi connectivity index (χ0v) is 20.0. The van der Waals surface area contributed by atoms with E-state index < -0.39 is 0 Å². The third kappa shape index (κ3) is 5.66. The molecular weight excluding hydrogens is 414 g/mol. The van der Waals surface area contributed by atoms with Gasteiger partial charge in [0.2, 0.25) is 0 Å². The first-order chi connectivity index (χ1) is 16.9. The summed E-state index contributed by atoms with van der Waals surface area (Å²) >= 11 is 0. The first-order valence-corrected chi connectivity index (χ1v) is 12.8. The first kappa shape index (κ1) is 22.6. The fraction of sp³-hybridized carbons (Fsp3) is 0.323. The molecule has 0 saturated carbocycles. The molecule has 0 radical (unpaired) electrons. The molecule has 1 aromatic heterocycles.